The highest BCUT2D eigenvalue weighted by atomic mass is 16.4. The van der Waals surface area contributed by atoms with Gasteiger partial charge in [-0.3, -0.25) is 4.79 Å². The Labute approximate surface area is 112 Å². The van der Waals surface area contributed by atoms with Crippen LogP contribution in [0.2, 0.25) is 0 Å². The van der Waals surface area contributed by atoms with Gasteiger partial charge in [0.1, 0.15) is 12.2 Å². The summed E-state index contributed by atoms with van der Waals surface area (Å²) in [6.45, 7) is 3.41. The van der Waals surface area contributed by atoms with E-state index in [0.717, 1.165) is 31.6 Å². The molecule has 6 nitrogen and oxygen atoms in total. The molecule has 2 fully saturated rings. The predicted molar refractivity (Wildman–Crippen MR) is 68.3 cm³/mol. The maximum Gasteiger partial charge on any atom is 0.308 e. The number of carboxylic acids is 1. The molecule has 2 aliphatic rings. The molecule has 1 aromatic heterocycles. The molecule has 6 heteroatoms. The lowest BCUT2D eigenvalue weighted by Gasteiger charge is -2.28. The second-order valence-corrected chi connectivity index (χ2v) is 5.60. The van der Waals surface area contributed by atoms with E-state index in [2.05, 4.69) is 15.4 Å². The van der Waals surface area contributed by atoms with Gasteiger partial charge in [0, 0.05) is 12.6 Å². The summed E-state index contributed by atoms with van der Waals surface area (Å²) < 4.78 is 1.84. The first-order valence-electron chi connectivity index (χ1n) is 7.03. The van der Waals surface area contributed by atoms with Gasteiger partial charge in [-0.05, 0) is 38.0 Å². The molecule has 0 aromatic carbocycles. The van der Waals surface area contributed by atoms with Crippen molar-refractivity contribution in [3.8, 4) is 0 Å². The van der Waals surface area contributed by atoms with Crippen LogP contribution in [0.3, 0.4) is 0 Å². The van der Waals surface area contributed by atoms with E-state index in [1.54, 1.807) is 6.33 Å². The van der Waals surface area contributed by atoms with Crippen LogP contribution in [0.15, 0.2) is 6.33 Å². The number of rotatable bonds is 5. The average molecular weight is 264 g/mol. The highest BCUT2D eigenvalue weighted by molar-refractivity contribution is 5.72. The van der Waals surface area contributed by atoms with Crippen LogP contribution in [0.25, 0.3) is 0 Å². The highest BCUT2D eigenvalue weighted by Crippen LogP contribution is 2.48. The number of aryl methyl sites for hydroxylation is 1. The Balaban J connectivity index is 1.67. The molecule has 1 heterocycles. The average Bonchev–Trinajstić information content (AvgIpc) is 3.10. The molecule has 2 bridgehead atoms. The monoisotopic (exact) mass is 264 g/mol. The van der Waals surface area contributed by atoms with Gasteiger partial charge in [-0.15, -0.1) is 0 Å². The van der Waals surface area contributed by atoms with Gasteiger partial charge in [-0.2, -0.15) is 5.10 Å². The van der Waals surface area contributed by atoms with E-state index in [0.29, 0.717) is 18.4 Å². The molecule has 104 valence electrons. The maximum absolute atomic E-state index is 11.4. The Bertz CT molecular complexity index is 473. The third kappa shape index (κ3) is 2.14. The summed E-state index contributed by atoms with van der Waals surface area (Å²) in [5.41, 5.74) is 0. The minimum Gasteiger partial charge on any atom is -0.481 e. The second kappa shape index (κ2) is 4.92. The Morgan fingerprint density at radius 3 is 3.05 bits per heavy atom. The van der Waals surface area contributed by atoms with E-state index in [1.165, 1.54) is 0 Å². The number of aromatic nitrogens is 3. The van der Waals surface area contributed by atoms with E-state index in [4.69, 9.17) is 0 Å². The number of fused-ring (bicyclic) bond motifs is 2. The number of nitrogens with zero attached hydrogens (tertiary/aromatic N) is 3. The van der Waals surface area contributed by atoms with Crippen molar-refractivity contribution in [2.75, 3.05) is 0 Å². The summed E-state index contributed by atoms with van der Waals surface area (Å²) in [5, 5.41) is 16.9. The summed E-state index contributed by atoms with van der Waals surface area (Å²) in [5.74, 6) is 0.890. The molecular formula is C13H20N4O2. The minimum atomic E-state index is -0.651. The summed E-state index contributed by atoms with van der Waals surface area (Å²) in [6, 6.07) is 0.0956. The zero-order valence-corrected chi connectivity index (χ0v) is 11.1. The predicted octanol–water partition coefficient (Wildman–Crippen LogP) is 0.887. The first-order valence-corrected chi connectivity index (χ1v) is 7.03. The fraction of sp³-hybridized carbons (Fsp3) is 0.769. The van der Waals surface area contributed by atoms with Crippen molar-refractivity contribution < 1.29 is 9.90 Å². The van der Waals surface area contributed by atoms with Gasteiger partial charge in [0.05, 0.1) is 12.5 Å². The van der Waals surface area contributed by atoms with Gasteiger partial charge in [0.15, 0.2) is 0 Å². The fourth-order valence-electron chi connectivity index (χ4n) is 3.84. The summed E-state index contributed by atoms with van der Waals surface area (Å²) in [6.07, 6.45) is 4.85. The zero-order valence-electron chi connectivity index (χ0n) is 11.1. The van der Waals surface area contributed by atoms with Crippen LogP contribution in [-0.2, 0) is 17.9 Å². The number of hydrogen-bond donors (Lipinski definition) is 2. The van der Waals surface area contributed by atoms with E-state index in [9.17, 15) is 9.90 Å². The maximum atomic E-state index is 11.4. The molecule has 0 spiro atoms. The third-order valence-electron chi connectivity index (χ3n) is 4.69. The molecule has 0 saturated heterocycles. The van der Waals surface area contributed by atoms with Crippen molar-refractivity contribution in [1.82, 2.24) is 20.1 Å². The van der Waals surface area contributed by atoms with Crippen molar-refractivity contribution >= 4 is 5.97 Å². The van der Waals surface area contributed by atoms with Gasteiger partial charge in [0.2, 0.25) is 0 Å². The Kier molecular flexibility index (Phi) is 3.26. The number of carbonyl (C=O) groups is 1. The minimum absolute atomic E-state index is 0.0956. The van der Waals surface area contributed by atoms with Crippen molar-refractivity contribution in [3.63, 3.8) is 0 Å². The number of aliphatic carboxylic acids is 1. The number of nitrogens with one attached hydrogen (secondary N) is 1. The molecule has 4 unspecified atom stereocenters. The SMILES string of the molecule is CCn1ncnc1CNC1C2CCC(C2)C1C(=O)O. The molecule has 0 amide bonds. The smallest absolute Gasteiger partial charge is 0.308 e. The topological polar surface area (TPSA) is 80.0 Å². The molecular weight excluding hydrogens is 244 g/mol. The van der Waals surface area contributed by atoms with E-state index >= 15 is 0 Å². The summed E-state index contributed by atoms with van der Waals surface area (Å²) in [4.78, 5) is 15.6. The first kappa shape index (κ1) is 12.6. The Morgan fingerprint density at radius 1 is 1.53 bits per heavy atom. The lowest BCUT2D eigenvalue weighted by molar-refractivity contribution is -0.144. The molecule has 4 atom stereocenters. The Morgan fingerprint density at radius 2 is 2.32 bits per heavy atom. The molecule has 2 N–H and O–H groups in total. The van der Waals surface area contributed by atoms with Gasteiger partial charge < -0.3 is 10.4 Å². The molecule has 19 heavy (non-hydrogen) atoms. The van der Waals surface area contributed by atoms with Crippen LogP contribution in [0.4, 0.5) is 0 Å². The Hall–Kier alpha value is -1.43. The van der Waals surface area contributed by atoms with Crippen molar-refractivity contribution in [2.24, 2.45) is 17.8 Å². The van der Waals surface area contributed by atoms with Crippen LogP contribution in [-0.4, -0.2) is 31.9 Å². The molecule has 2 saturated carbocycles. The molecule has 3 rings (SSSR count). The van der Waals surface area contributed by atoms with Crippen LogP contribution in [0.1, 0.15) is 32.0 Å². The van der Waals surface area contributed by atoms with Crippen LogP contribution >= 0.6 is 0 Å². The van der Waals surface area contributed by atoms with E-state index in [-0.39, 0.29) is 12.0 Å². The standard InChI is InChI=1S/C13H20N4O2/c1-2-17-10(15-7-16-17)6-14-12-9-4-3-8(5-9)11(12)13(18)19/h7-9,11-12,14H,2-6H2,1H3,(H,18,19). The molecule has 1 aromatic rings. The van der Waals surface area contributed by atoms with E-state index < -0.39 is 5.97 Å². The van der Waals surface area contributed by atoms with Gasteiger partial charge in [-0.1, -0.05) is 0 Å². The van der Waals surface area contributed by atoms with Crippen LogP contribution in [0.5, 0.6) is 0 Å². The number of carboxylic acid groups (broad SMARTS) is 1. The van der Waals surface area contributed by atoms with Crippen LogP contribution in [0, 0.1) is 17.8 Å². The largest absolute Gasteiger partial charge is 0.481 e. The highest BCUT2D eigenvalue weighted by Gasteiger charge is 2.50. The molecule has 2 aliphatic carbocycles. The molecule has 0 radical (unpaired) electrons. The second-order valence-electron chi connectivity index (χ2n) is 5.60. The first-order chi connectivity index (χ1) is 9.20. The van der Waals surface area contributed by atoms with Gasteiger partial charge >= 0.3 is 5.97 Å². The summed E-state index contributed by atoms with van der Waals surface area (Å²) in [7, 11) is 0. The lowest BCUT2D eigenvalue weighted by Crippen LogP contribution is -2.44. The fourth-order valence-corrected chi connectivity index (χ4v) is 3.84. The number of hydrogen-bond acceptors (Lipinski definition) is 4. The van der Waals surface area contributed by atoms with Gasteiger partial charge in [-0.25, -0.2) is 9.67 Å². The van der Waals surface area contributed by atoms with Crippen molar-refractivity contribution in [1.29, 1.82) is 0 Å². The van der Waals surface area contributed by atoms with Crippen LogP contribution < -0.4 is 5.32 Å². The van der Waals surface area contributed by atoms with Crippen molar-refractivity contribution in [2.45, 2.75) is 45.3 Å². The summed E-state index contributed by atoms with van der Waals surface area (Å²) >= 11 is 0. The van der Waals surface area contributed by atoms with Crippen molar-refractivity contribution in [3.05, 3.63) is 12.2 Å². The van der Waals surface area contributed by atoms with Gasteiger partial charge in [0.25, 0.3) is 0 Å². The molecule has 0 aliphatic heterocycles. The third-order valence-corrected chi connectivity index (χ3v) is 4.69. The van der Waals surface area contributed by atoms with E-state index in [1.807, 2.05) is 11.6 Å². The quantitative estimate of drug-likeness (QED) is 0.825. The normalized spacial score (nSPS) is 32.9. The lowest BCUT2D eigenvalue weighted by atomic mass is 9.84. The zero-order chi connectivity index (χ0) is 13.4.